The smallest absolute Gasteiger partial charge is 0.152 e. The summed E-state index contributed by atoms with van der Waals surface area (Å²) in [6.07, 6.45) is 0. The number of aromatic nitrogens is 2. The van der Waals surface area contributed by atoms with E-state index in [0.717, 1.165) is 47.9 Å². The van der Waals surface area contributed by atoms with Crippen LogP contribution in [0.25, 0.3) is 16.6 Å². The Kier molecular flexibility index (Phi) is 5.43. The number of hydrogen-bond acceptors (Lipinski definition) is 5. The van der Waals surface area contributed by atoms with Crippen LogP contribution in [0.2, 0.25) is 5.02 Å². The molecule has 0 aliphatic carbocycles. The highest BCUT2D eigenvalue weighted by atomic mass is 35.5. The van der Waals surface area contributed by atoms with Crippen LogP contribution in [0.3, 0.4) is 0 Å². The van der Waals surface area contributed by atoms with Crippen molar-refractivity contribution in [1.29, 1.82) is 5.26 Å². The number of allylic oxidation sites excluding steroid dienone is 1. The van der Waals surface area contributed by atoms with Crippen LogP contribution in [0.15, 0.2) is 54.3 Å². The van der Waals surface area contributed by atoms with Gasteiger partial charge in [-0.1, -0.05) is 35.9 Å². The number of imidazole rings is 1. The maximum Gasteiger partial charge on any atom is 0.152 e. The molecule has 2 aromatic carbocycles. The summed E-state index contributed by atoms with van der Waals surface area (Å²) in [6, 6.07) is 17.2. The third-order valence-electron chi connectivity index (χ3n) is 5.44. The van der Waals surface area contributed by atoms with Crippen molar-refractivity contribution in [1.82, 2.24) is 14.9 Å². The van der Waals surface area contributed by atoms with Crippen molar-refractivity contribution in [2.75, 3.05) is 31.1 Å². The third kappa shape index (κ3) is 3.80. The number of aromatic amines is 1. The van der Waals surface area contributed by atoms with Gasteiger partial charge in [-0.05, 0) is 31.2 Å². The first-order valence-electron chi connectivity index (χ1n) is 9.60. The third-order valence-corrected chi connectivity index (χ3v) is 5.76. The summed E-state index contributed by atoms with van der Waals surface area (Å²) in [5, 5.41) is 21.3. The molecule has 1 fully saturated rings. The number of piperazine rings is 1. The number of aliphatic hydroxyl groups excluding tert-OH is 1. The molecule has 0 spiro atoms. The summed E-state index contributed by atoms with van der Waals surface area (Å²) in [4.78, 5) is 12.0. The monoisotopic (exact) mass is 407 g/mol. The molecular weight excluding hydrogens is 386 g/mol. The maximum atomic E-state index is 10.9. The molecule has 3 aromatic rings. The molecule has 7 heteroatoms. The standard InChI is InChI=1S/C22H22ClN5O/c1-15(27-10-12-28(13-11-27)20-9-5-2-6-17(20)23)21(29)16(14-24)22-25-18-7-3-4-8-19(18)26-22/h2-9,15,29H,10-13H2,1H3,(H,25,26)/b21-16-/t15-/m0/s1. The Morgan fingerprint density at radius 3 is 2.52 bits per heavy atom. The Morgan fingerprint density at radius 1 is 1.14 bits per heavy atom. The van der Waals surface area contributed by atoms with Gasteiger partial charge < -0.3 is 15.0 Å². The van der Waals surface area contributed by atoms with E-state index in [1.165, 1.54) is 0 Å². The van der Waals surface area contributed by atoms with Crippen molar-refractivity contribution in [3.8, 4) is 6.07 Å². The Balaban J connectivity index is 1.52. The van der Waals surface area contributed by atoms with Crippen LogP contribution in [-0.2, 0) is 0 Å². The highest BCUT2D eigenvalue weighted by Gasteiger charge is 2.27. The molecule has 1 atom stereocenters. The number of nitriles is 1. The van der Waals surface area contributed by atoms with Crippen molar-refractivity contribution in [3.63, 3.8) is 0 Å². The number of halogens is 1. The Hall–Kier alpha value is -3.01. The van der Waals surface area contributed by atoms with Crippen molar-refractivity contribution >= 4 is 33.9 Å². The quantitative estimate of drug-likeness (QED) is 0.500. The van der Waals surface area contributed by atoms with E-state index in [4.69, 9.17) is 11.6 Å². The molecule has 0 saturated carbocycles. The SMILES string of the molecule is C[C@@H](/C(O)=C(\C#N)c1nc2ccccc2[nH]1)N1CCN(c2ccccc2Cl)CC1. The van der Waals surface area contributed by atoms with Gasteiger partial charge in [-0.25, -0.2) is 4.98 Å². The molecule has 1 aromatic heterocycles. The number of H-pyrrole nitrogens is 1. The molecule has 0 bridgehead atoms. The van der Waals surface area contributed by atoms with Crippen molar-refractivity contribution in [2.45, 2.75) is 13.0 Å². The molecule has 29 heavy (non-hydrogen) atoms. The van der Waals surface area contributed by atoms with Crippen LogP contribution < -0.4 is 4.90 Å². The maximum absolute atomic E-state index is 10.9. The Bertz CT molecular complexity index is 1060. The number of rotatable bonds is 4. The van der Waals surface area contributed by atoms with Gasteiger partial charge in [0, 0.05) is 26.2 Å². The molecule has 1 aliphatic rings. The van der Waals surface area contributed by atoms with Gasteiger partial charge in [0.2, 0.25) is 0 Å². The van der Waals surface area contributed by atoms with E-state index in [0.29, 0.717) is 5.82 Å². The van der Waals surface area contributed by atoms with Gasteiger partial charge in [0.25, 0.3) is 0 Å². The lowest BCUT2D eigenvalue weighted by atomic mass is 10.1. The number of benzene rings is 2. The Labute approximate surface area is 174 Å². The normalized spacial score (nSPS) is 17.1. The van der Waals surface area contributed by atoms with E-state index in [1.54, 1.807) is 0 Å². The van der Waals surface area contributed by atoms with Crippen LogP contribution in [0.4, 0.5) is 5.69 Å². The fourth-order valence-corrected chi connectivity index (χ4v) is 4.00. The summed E-state index contributed by atoms with van der Waals surface area (Å²) >= 11 is 6.32. The first-order chi connectivity index (χ1) is 14.1. The number of nitrogens with zero attached hydrogens (tertiary/aromatic N) is 4. The minimum Gasteiger partial charge on any atom is -0.509 e. The lowest BCUT2D eigenvalue weighted by Gasteiger charge is -2.39. The predicted molar refractivity (Wildman–Crippen MR) is 116 cm³/mol. The molecule has 2 N–H and O–H groups in total. The van der Waals surface area contributed by atoms with Crippen LogP contribution in [0.1, 0.15) is 12.7 Å². The lowest BCUT2D eigenvalue weighted by molar-refractivity contribution is 0.178. The number of anilines is 1. The minimum atomic E-state index is -0.286. The fraction of sp³-hybridized carbons (Fsp3) is 0.273. The molecule has 0 unspecified atom stereocenters. The van der Waals surface area contributed by atoms with Gasteiger partial charge in [-0.2, -0.15) is 5.26 Å². The van der Waals surface area contributed by atoms with Crippen molar-refractivity contribution < 1.29 is 5.11 Å². The van der Waals surface area contributed by atoms with Crippen LogP contribution in [0.5, 0.6) is 0 Å². The fourth-order valence-electron chi connectivity index (χ4n) is 3.74. The summed E-state index contributed by atoms with van der Waals surface area (Å²) in [7, 11) is 0. The van der Waals surface area contributed by atoms with Crippen LogP contribution in [-0.4, -0.2) is 52.2 Å². The number of para-hydroxylation sites is 3. The molecule has 1 saturated heterocycles. The summed E-state index contributed by atoms with van der Waals surface area (Å²) < 4.78 is 0. The minimum absolute atomic E-state index is 0.0396. The van der Waals surface area contributed by atoms with E-state index in [9.17, 15) is 10.4 Å². The van der Waals surface area contributed by atoms with Gasteiger partial charge in [-0.3, -0.25) is 4.90 Å². The number of nitrogens with one attached hydrogen (secondary N) is 1. The zero-order valence-corrected chi connectivity index (χ0v) is 16.9. The average molecular weight is 408 g/mol. The lowest BCUT2D eigenvalue weighted by Crippen LogP contribution is -2.50. The van der Waals surface area contributed by atoms with Gasteiger partial charge in [0.1, 0.15) is 17.4 Å². The first kappa shape index (κ1) is 19.3. The van der Waals surface area contributed by atoms with E-state index < -0.39 is 0 Å². The second-order valence-electron chi connectivity index (χ2n) is 7.13. The van der Waals surface area contributed by atoms with Crippen molar-refractivity contribution in [3.05, 3.63) is 65.1 Å². The molecule has 0 radical (unpaired) electrons. The zero-order valence-electron chi connectivity index (χ0n) is 16.1. The predicted octanol–water partition coefficient (Wildman–Crippen LogP) is 4.22. The van der Waals surface area contributed by atoms with E-state index in [-0.39, 0.29) is 17.4 Å². The molecule has 2 heterocycles. The van der Waals surface area contributed by atoms with Crippen LogP contribution in [0, 0.1) is 11.3 Å². The van der Waals surface area contributed by atoms with Gasteiger partial charge in [0.15, 0.2) is 5.82 Å². The van der Waals surface area contributed by atoms with E-state index in [1.807, 2.05) is 55.5 Å². The van der Waals surface area contributed by atoms with E-state index >= 15 is 0 Å². The molecule has 1 aliphatic heterocycles. The zero-order chi connectivity index (χ0) is 20.4. The molecule has 148 valence electrons. The van der Waals surface area contributed by atoms with Crippen LogP contribution >= 0.6 is 11.6 Å². The summed E-state index contributed by atoms with van der Waals surface area (Å²) in [5.41, 5.74) is 2.82. The number of aliphatic hydroxyl groups is 1. The van der Waals surface area contributed by atoms with E-state index in [2.05, 4.69) is 25.8 Å². The molecule has 4 rings (SSSR count). The highest BCUT2D eigenvalue weighted by Crippen LogP contribution is 2.27. The van der Waals surface area contributed by atoms with Gasteiger partial charge >= 0.3 is 0 Å². The van der Waals surface area contributed by atoms with Gasteiger partial charge in [0.05, 0.1) is 27.8 Å². The molecule has 0 amide bonds. The number of fused-ring (bicyclic) bond motifs is 1. The number of hydrogen-bond donors (Lipinski definition) is 2. The molecular formula is C22H22ClN5O. The Morgan fingerprint density at radius 2 is 1.83 bits per heavy atom. The second-order valence-corrected chi connectivity index (χ2v) is 7.53. The first-order valence-corrected chi connectivity index (χ1v) is 9.98. The van der Waals surface area contributed by atoms with Crippen molar-refractivity contribution in [2.24, 2.45) is 0 Å². The second kappa shape index (κ2) is 8.16. The average Bonchev–Trinajstić information content (AvgIpc) is 3.18. The highest BCUT2D eigenvalue weighted by molar-refractivity contribution is 6.33. The molecule has 6 nitrogen and oxygen atoms in total. The van der Waals surface area contributed by atoms with Gasteiger partial charge in [-0.15, -0.1) is 0 Å². The summed E-state index contributed by atoms with van der Waals surface area (Å²) in [5.74, 6) is 0.436. The largest absolute Gasteiger partial charge is 0.509 e. The topological polar surface area (TPSA) is 79.2 Å². The summed E-state index contributed by atoms with van der Waals surface area (Å²) in [6.45, 7) is 5.03.